The number of ether oxygens (including phenoxy) is 2. The number of rotatable bonds is 3. The highest BCUT2D eigenvalue weighted by atomic mass is 79.9. The Kier molecular flexibility index (Phi) is 3.66. The SMILES string of the molecule is O=C(Nc1nnc(-c2ccc3c(c2)OCO3)o1)c1ccccc1Br. The Morgan fingerprint density at radius 1 is 1.08 bits per heavy atom. The topological polar surface area (TPSA) is 86.5 Å². The molecule has 0 radical (unpaired) electrons. The monoisotopic (exact) mass is 387 g/mol. The average Bonchev–Trinajstić information content (AvgIpc) is 3.23. The third-order valence-corrected chi connectivity index (χ3v) is 4.07. The number of aromatic nitrogens is 2. The molecule has 7 nitrogen and oxygen atoms in total. The van der Waals surface area contributed by atoms with Gasteiger partial charge in [0.1, 0.15) is 0 Å². The summed E-state index contributed by atoms with van der Waals surface area (Å²) in [4.78, 5) is 12.2. The van der Waals surface area contributed by atoms with Gasteiger partial charge < -0.3 is 13.9 Å². The van der Waals surface area contributed by atoms with Crippen molar-refractivity contribution in [2.45, 2.75) is 0 Å². The second kappa shape index (κ2) is 5.97. The Labute approximate surface area is 144 Å². The zero-order chi connectivity index (χ0) is 16.5. The molecule has 0 saturated heterocycles. The minimum absolute atomic E-state index is 0.0171. The molecular weight excluding hydrogens is 378 g/mol. The Morgan fingerprint density at radius 2 is 1.92 bits per heavy atom. The van der Waals surface area contributed by atoms with Crippen LogP contribution in [0.2, 0.25) is 0 Å². The first-order valence-electron chi connectivity index (χ1n) is 7.00. The molecule has 2 heterocycles. The molecule has 8 heteroatoms. The van der Waals surface area contributed by atoms with E-state index in [-0.39, 0.29) is 24.6 Å². The van der Waals surface area contributed by atoms with E-state index in [0.29, 0.717) is 27.1 Å². The molecular formula is C16H10BrN3O4. The van der Waals surface area contributed by atoms with Gasteiger partial charge >= 0.3 is 6.01 Å². The van der Waals surface area contributed by atoms with E-state index >= 15 is 0 Å². The van der Waals surface area contributed by atoms with Gasteiger partial charge in [0.2, 0.25) is 12.7 Å². The lowest BCUT2D eigenvalue weighted by Crippen LogP contribution is -2.12. The standard InChI is InChI=1S/C16H10BrN3O4/c17-11-4-2-1-3-10(11)14(21)18-16-20-19-15(24-16)9-5-6-12-13(7-9)23-8-22-12/h1-7H,8H2,(H,18,20,21). The van der Waals surface area contributed by atoms with Gasteiger partial charge in [-0.25, -0.2) is 0 Å². The van der Waals surface area contributed by atoms with E-state index in [0.717, 1.165) is 0 Å². The first-order chi connectivity index (χ1) is 11.7. The Hall–Kier alpha value is -2.87. The van der Waals surface area contributed by atoms with Gasteiger partial charge in [-0.15, -0.1) is 5.10 Å². The van der Waals surface area contributed by atoms with Gasteiger partial charge in [0, 0.05) is 10.0 Å². The van der Waals surface area contributed by atoms with E-state index in [1.54, 1.807) is 36.4 Å². The second-order valence-electron chi connectivity index (χ2n) is 4.91. The first-order valence-corrected chi connectivity index (χ1v) is 7.79. The van der Waals surface area contributed by atoms with Gasteiger partial charge in [-0.3, -0.25) is 10.1 Å². The number of fused-ring (bicyclic) bond motifs is 1. The summed E-state index contributed by atoms with van der Waals surface area (Å²) in [5.41, 5.74) is 1.15. The van der Waals surface area contributed by atoms with Crippen LogP contribution in [0.15, 0.2) is 51.4 Å². The summed E-state index contributed by atoms with van der Waals surface area (Å²) in [5, 5.41) is 10.4. The minimum atomic E-state index is -0.344. The van der Waals surface area contributed by atoms with Crippen molar-refractivity contribution in [1.29, 1.82) is 0 Å². The number of halogens is 1. The Morgan fingerprint density at radius 3 is 2.79 bits per heavy atom. The quantitative estimate of drug-likeness (QED) is 0.740. The zero-order valence-corrected chi connectivity index (χ0v) is 13.7. The van der Waals surface area contributed by atoms with Crippen LogP contribution in [0.25, 0.3) is 11.5 Å². The lowest BCUT2D eigenvalue weighted by Gasteiger charge is -2.02. The molecule has 120 valence electrons. The van der Waals surface area contributed by atoms with Crippen LogP contribution in [0.3, 0.4) is 0 Å². The van der Waals surface area contributed by atoms with Crippen LogP contribution in [0.4, 0.5) is 6.01 Å². The van der Waals surface area contributed by atoms with Crippen molar-refractivity contribution in [1.82, 2.24) is 10.2 Å². The Bertz CT molecular complexity index is 925. The molecule has 4 rings (SSSR count). The molecule has 2 aromatic carbocycles. The van der Waals surface area contributed by atoms with Crippen molar-refractivity contribution in [3.05, 3.63) is 52.5 Å². The van der Waals surface area contributed by atoms with E-state index in [2.05, 4.69) is 31.4 Å². The minimum Gasteiger partial charge on any atom is -0.454 e. The molecule has 0 unspecified atom stereocenters. The molecule has 3 aromatic rings. The molecule has 24 heavy (non-hydrogen) atoms. The second-order valence-corrected chi connectivity index (χ2v) is 5.77. The lowest BCUT2D eigenvalue weighted by molar-refractivity contribution is 0.102. The summed E-state index contributed by atoms with van der Waals surface area (Å²) in [7, 11) is 0. The number of carbonyl (C=O) groups excluding carboxylic acids is 1. The number of hydrogen-bond donors (Lipinski definition) is 1. The molecule has 1 aliphatic rings. The zero-order valence-electron chi connectivity index (χ0n) is 12.2. The molecule has 0 aliphatic carbocycles. The van der Waals surface area contributed by atoms with Crippen LogP contribution in [0.1, 0.15) is 10.4 Å². The number of benzene rings is 2. The van der Waals surface area contributed by atoms with Gasteiger partial charge in [-0.05, 0) is 46.3 Å². The summed E-state index contributed by atoms with van der Waals surface area (Å²) in [6, 6.07) is 12.4. The van der Waals surface area contributed by atoms with Gasteiger partial charge in [-0.2, -0.15) is 0 Å². The molecule has 1 N–H and O–H groups in total. The van der Waals surface area contributed by atoms with Crippen molar-refractivity contribution >= 4 is 27.9 Å². The fourth-order valence-electron chi connectivity index (χ4n) is 2.23. The summed E-state index contributed by atoms with van der Waals surface area (Å²) in [6.45, 7) is 0.190. The number of nitrogens with one attached hydrogen (secondary N) is 1. The smallest absolute Gasteiger partial charge is 0.322 e. The highest BCUT2D eigenvalue weighted by Gasteiger charge is 2.18. The fraction of sp³-hybridized carbons (Fsp3) is 0.0625. The molecule has 1 aliphatic heterocycles. The molecule has 0 saturated carbocycles. The van der Waals surface area contributed by atoms with Gasteiger partial charge in [0.25, 0.3) is 5.91 Å². The van der Waals surface area contributed by atoms with Gasteiger partial charge in [-0.1, -0.05) is 17.2 Å². The predicted octanol–water partition coefficient (Wildman–Crippen LogP) is 3.48. The van der Waals surface area contributed by atoms with Crippen molar-refractivity contribution in [2.24, 2.45) is 0 Å². The summed E-state index contributed by atoms with van der Waals surface area (Å²) in [5.74, 6) is 1.21. The maximum absolute atomic E-state index is 12.2. The summed E-state index contributed by atoms with van der Waals surface area (Å²) in [6.07, 6.45) is 0. The molecule has 0 atom stereocenters. The van der Waals surface area contributed by atoms with E-state index in [1.807, 2.05) is 6.07 Å². The summed E-state index contributed by atoms with van der Waals surface area (Å²) < 4.78 is 16.7. The van der Waals surface area contributed by atoms with Gasteiger partial charge in [0.05, 0.1) is 5.56 Å². The van der Waals surface area contributed by atoms with E-state index in [4.69, 9.17) is 13.9 Å². The molecule has 0 bridgehead atoms. The van der Waals surface area contributed by atoms with Crippen LogP contribution in [0.5, 0.6) is 11.5 Å². The van der Waals surface area contributed by atoms with E-state index in [1.165, 1.54) is 0 Å². The molecule has 1 aromatic heterocycles. The lowest BCUT2D eigenvalue weighted by atomic mass is 10.2. The number of nitrogens with zero attached hydrogens (tertiary/aromatic N) is 2. The number of amides is 1. The maximum Gasteiger partial charge on any atom is 0.322 e. The predicted molar refractivity (Wildman–Crippen MR) is 88.0 cm³/mol. The fourth-order valence-corrected chi connectivity index (χ4v) is 2.69. The number of anilines is 1. The first kappa shape index (κ1) is 14.7. The number of hydrogen-bond acceptors (Lipinski definition) is 6. The van der Waals surface area contributed by atoms with Crippen molar-refractivity contribution in [3.8, 4) is 23.0 Å². The van der Waals surface area contributed by atoms with Crippen LogP contribution in [-0.4, -0.2) is 22.9 Å². The highest BCUT2D eigenvalue weighted by Crippen LogP contribution is 2.35. The number of carbonyl (C=O) groups is 1. The highest BCUT2D eigenvalue weighted by molar-refractivity contribution is 9.10. The largest absolute Gasteiger partial charge is 0.454 e. The van der Waals surface area contributed by atoms with E-state index < -0.39 is 0 Å². The van der Waals surface area contributed by atoms with E-state index in [9.17, 15) is 4.79 Å². The normalized spacial score (nSPS) is 12.2. The van der Waals surface area contributed by atoms with Crippen LogP contribution in [-0.2, 0) is 0 Å². The van der Waals surface area contributed by atoms with Crippen molar-refractivity contribution in [2.75, 3.05) is 12.1 Å². The van der Waals surface area contributed by atoms with Crippen LogP contribution >= 0.6 is 15.9 Å². The van der Waals surface area contributed by atoms with Crippen molar-refractivity contribution < 1.29 is 18.7 Å². The molecule has 0 spiro atoms. The molecule has 0 fully saturated rings. The van der Waals surface area contributed by atoms with Crippen LogP contribution < -0.4 is 14.8 Å². The third kappa shape index (κ3) is 2.71. The average molecular weight is 388 g/mol. The third-order valence-electron chi connectivity index (χ3n) is 3.38. The van der Waals surface area contributed by atoms with Gasteiger partial charge in [0.15, 0.2) is 11.5 Å². The molecule has 1 amide bonds. The summed E-state index contributed by atoms with van der Waals surface area (Å²) >= 11 is 3.33. The van der Waals surface area contributed by atoms with Crippen molar-refractivity contribution in [3.63, 3.8) is 0 Å². The Balaban J connectivity index is 1.55. The van der Waals surface area contributed by atoms with Crippen LogP contribution in [0, 0.1) is 0 Å². The maximum atomic E-state index is 12.2.